The molecule has 0 heterocycles. The summed E-state index contributed by atoms with van der Waals surface area (Å²) in [6, 6.07) is 0. The summed E-state index contributed by atoms with van der Waals surface area (Å²) < 4.78 is 4.67. The first-order valence-corrected chi connectivity index (χ1v) is 5.42. The zero-order valence-electron chi connectivity index (χ0n) is 8.29. The van der Waals surface area contributed by atoms with Gasteiger partial charge in [-0.25, -0.2) is 4.79 Å². The molecule has 0 aliphatic heterocycles. The molecule has 14 heavy (non-hydrogen) atoms. The summed E-state index contributed by atoms with van der Waals surface area (Å²) in [7, 11) is 0. The zero-order chi connectivity index (χ0) is 10.6. The fourth-order valence-electron chi connectivity index (χ4n) is 1.43. The van der Waals surface area contributed by atoms with Gasteiger partial charge in [0.05, 0.1) is 6.61 Å². The van der Waals surface area contributed by atoms with Crippen LogP contribution < -0.4 is 0 Å². The van der Waals surface area contributed by atoms with Gasteiger partial charge in [-0.05, 0) is 12.8 Å². The molecule has 1 aliphatic carbocycles. The summed E-state index contributed by atoms with van der Waals surface area (Å²) >= 11 is 5.66. The first-order valence-electron chi connectivity index (χ1n) is 4.98. The van der Waals surface area contributed by atoms with Crippen molar-refractivity contribution in [1.82, 2.24) is 0 Å². The molecule has 0 aromatic rings. The lowest BCUT2D eigenvalue weighted by molar-refractivity contribution is -0.145. The quantitative estimate of drug-likeness (QED) is 0.402. The van der Waals surface area contributed by atoms with Crippen molar-refractivity contribution in [3.63, 3.8) is 0 Å². The first kappa shape index (κ1) is 11.5. The van der Waals surface area contributed by atoms with Crippen molar-refractivity contribution >= 4 is 23.4 Å². The van der Waals surface area contributed by atoms with Crippen LogP contribution in [0.25, 0.3) is 0 Å². The third-order valence-corrected chi connectivity index (χ3v) is 2.91. The van der Waals surface area contributed by atoms with E-state index >= 15 is 0 Å². The van der Waals surface area contributed by atoms with Crippen molar-refractivity contribution < 1.29 is 14.3 Å². The van der Waals surface area contributed by atoms with Gasteiger partial charge in [-0.1, -0.05) is 19.3 Å². The minimum absolute atomic E-state index is 0.199. The van der Waals surface area contributed by atoms with Crippen LogP contribution in [0.3, 0.4) is 0 Å². The number of hydrogen-bond donors (Lipinski definition) is 0. The second-order valence-corrected chi connectivity index (χ2v) is 4.02. The number of esters is 1. The van der Waals surface area contributed by atoms with Gasteiger partial charge in [-0.2, -0.15) is 0 Å². The van der Waals surface area contributed by atoms with E-state index in [1.807, 2.05) is 0 Å². The fourth-order valence-corrected chi connectivity index (χ4v) is 1.58. The maximum Gasteiger partial charge on any atom is 0.331 e. The minimum Gasteiger partial charge on any atom is -0.465 e. The Hall–Kier alpha value is -0.570. The van der Waals surface area contributed by atoms with Crippen LogP contribution in [0.5, 0.6) is 0 Å². The van der Waals surface area contributed by atoms with E-state index in [2.05, 4.69) is 4.74 Å². The SMILES string of the molecule is CCOC(=O)[C@@H](Cl)C(=O)CC1CCC1. The third kappa shape index (κ3) is 2.98. The lowest BCUT2D eigenvalue weighted by atomic mass is 9.81. The maximum absolute atomic E-state index is 11.4. The number of ketones is 1. The largest absolute Gasteiger partial charge is 0.465 e. The molecule has 1 atom stereocenters. The van der Waals surface area contributed by atoms with Crippen molar-refractivity contribution in [2.75, 3.05) is 6.61 Å². The van der Waals surface area contributed by atoms with Crippen LogP contribution in [-0.4, -0.2) is 23.7 Å². The third-order valence-electron chi connectivity index (χ3n) is 2.49. The van der Waals surface area contributed by atoms with E-state index in [4.69, 9.17) is 11.6 Å². The van der Waals surface area contributed by atoms with E-state index in [0.29, 0.717) is 12.3 Å². The lowest BCUT2D eigenvalue weighted by Crippen LogP contribution is -2.29. The highest BCUT2D eigenvalue weighted by molar-refractivity contribution is 6.41. The molecule has 0 spiro atoms. The van der Waals surface area contributed by atoms with E-state index in [1.165, 1.54) is 6.42 Å². The number of Topliss-reactive ketones (excluding diaryl/α,β-unsaturated/α-hetero) is 1. The van der Waals surface area contributed by atoms with Crippen LogP contribution in [0, 0.1) is 5.92 Å². The Morgan fingerprint density at radius 2 is 2.14 bits per heavy atom. The molecule has 0 saturated heterocycles. The molecule has 1 saturated carbocycles. The minimum atomic E-state index is -1.10. The van der Waals surface area contributed by atoms with E-state index in [0.717, 1.165) is 12.8 Å². The Balaban J connectivity index is 2.30. The number of halogens is 1. The molecule has 0 unspecified atom stereocenters. The molecule has 80 valence electrons. The van der Waals surface area contributed by atoms with Crippen molar-refractivity contribution in [3.05, 3.63) is 0 Å². The second-order valence-electron chi connectivity index (χ2n) is 3.58. The molecule has 0 aromatic heterocycles. The van der Waals surface area contributed by atoms with Crippen molar-refractivity contribution in [3.8, 4) is 0 Å². The highest BCUT2D eigenvalue weighted by Gasteiger charge is 2.29. The number of carbonyl (C=O) groups excluding carboxylic acids is 2. The molecule has 0 amide bonds. The molecule has 3 nitrogen and oxygen atoms in total. The van der Waals surface area contributed by atoms with Crippen LogP contribution in [-0.2, 0) is 14.3 Å². The first-order chi connectivity index (χ1) is 6.65. The topological polar surface area (TPSA) is 43.4 Å². The highest BCUT2D eigenvalue weighted by Crippen LogP contribution is 2.30. The van der Waals surface area contributed by atoms with E-state index in [-0.39, 0.29) is 12.4 Å². The predicted molar refractivity (Wildman–Crippen MR) is 53.2 cm³/mol. The second kappa shape index (κ2) is 5.35. The Bertz CT molecular complexity index is 223. The lowest BCUT2D eigenvalue weighted by Gasteiger charge is -2.24. The normalized spacial score (nSPS) is 18.4. The van der Waals surface area contributed by atoms with Gasteiger partial charge in [0, 0.05) is 6.42 Å². The summed E-state index contributed by atoms with van der Waals surface area (Å²) in [4.78, 5) is 22.5. The summed E-state index contributed by atoms with van der Waals surface area (Å²) in [5.41, 5.74) is 0. The molecule has 4 heteroatoms. The van der Waals surface area contributed by atoms with Crippen LogP contribution in [0.1, 0.15) is 32.6 Å². The Morgan fingerprint density at radius 1 is 1.50 bits per heavy atom. The van der Waals surface area contributed by atoms with E-state index < -0.39 is 11.3 Å². The van der Waals surface area contributed by atoms with E-state index in [9.17, 15) is 9.59 Å². The van der Waals surface area contributed by atoms with E-state index in [1.54, 1.807) is 6.92 Å². The molecule has 0 radical (unpaired) electrons. The van der Waals surface area contributed by atoms with Gasteiger partial charge < -0.3 is 4.74 Å². The average Bonchev–Trinajstić information content (AvgIpc) is 2.10. The monoisotopic (exact) mass is 218 g/mol. The van der Waals surface area contributed by atoms with Crippen molar-refractivity contribution in [1.29, 1.82) is 0 Å². The van der Waals surface area contributed by atoms with Crippen molar-refractivity contribution in [2.24, 2.45) is 5.92 Å². The Labute approximate surface area is 88.8 Å². The van der Waals surface area contributed by atoms with Gasteiger partial charge in [-0.3, -0.25) is 4.79 Å². The predicted octanol–water partition coefficient (Wildman–Crippen LogP) is 1.92. The zero-order valence-corrected chi connectivity index (χ0v) is 9.05. The van der Waals surface area contributed by atoms with Crippen LogP contribution in [0.2, 0.25) is 0 Å². The summed E-state index contributed by atoms with van der Waals surface area (Å²) in [5.74, 6) is -0.369. The van der Waals surface area contributed by atoms with Gasteiger partial charge in [0.25, 0.3) is 0 Å². The number of carbonyl (C=O) groups is 2. The molecule has 0 N–H and O–H groups in total. The van der Waals surface area contributed by atoms with Gasteiger partial charge in [0.2, 0.25) is 0 Å². The molecule has 1 rings (SSSR count). The molecular formula is C10H15ClO3. The van der Waals surface area contributed by atoms with Gasteiger partial charge in [0.15, 0.2) is 11.2 Å². The highest BCUT2D eigenvalue weighted by atomic mass is 35.5. The number of hydrogen-bond acceptors (Lipinski definition) is 3. The smallest absolute Gasteiger partial charge is 0.331 e. The molecule has 1 aliphatic rings. The van der Waals surface area contributed by atoms with Crippen LogP contribution in [0.4, 0.5) is 0 Å². The standard InChI is InChI=1S/C10H15ClO3/c1-2-14-10(13)9(11)8(12)6-7-4-3-5-7/h7,9H,2-6H2,1H3/t9-/m0/s1. The van der Waals surface area contributed by atoms with Gasteiger partial charge >= 0.3 is 5.97 Å². The maximum atomic E-state index is 11.4. The average molecular weight is 219 g/mol. The molecule has 0 aromatic carbocycles. The molecular weight excluding hydrogens is 204 g/mol. The summed E-state index contributed by atoms with van der Waals surface area (Å²) in [5, 5.41) is -1.10. The molecule has 0 bridgehead atoms. The Kier molecular flexibility index (Phi) is 4.39. The van der Waals surface area contributed by atoms with Crippen LogP contribution in [0.15, 0.2) is 0 Å². The van der Waals surface area contributed by atoms with Crippen LogP contribution >= 0.6 is 11.6 Å². The molecule has 1 fully saturated rings. The fraction of sp³-hybridized carbons (Fsp3) is 0.800. The number of ether oxygens (including phenoxy) is 1. The number of rotatable bonds is 5. The summed E-state index contributed by atoms with van der Waals surface area (Å²) in [6.07, 6.45) is 3.77. The van der Waals surface area contributed by atoms with Crippen molar-refractivity contribution in [2.45, 2.75) is 38.0 Å². The number of alkyl halides is 1. The Morgan fingerprint density at radius 3 is 2.57 bits per heavy atom. The summed E-state index contributed by atoms with van der Waals surface area (Å²) in [6.45, 7) is 1.96. The van der Waals surface area contributed by atoms with Gasteiger partial charge in [-0.15, -0.1) is 11.6 Å². The van der Waals surface area contributed by atoms with Gasteiger partial charge in [0.1, 0.15) is 0 Å².